The zero-order valence-electron chi connectivity index (χ0n) is 10.6. The summed E-state index contributed by atoms with van der Waals surface area (Å²) in [6.07, 6.45) is 6.20. The summed E-state index contributed by atoms with van der Waals surface area (Å²) in [6.45, 7) is 5.34. The van der Waals surface area contributed by atoms with Crippen molar-refractivity contribution in [1.29, 1.82) is 0 Å². The maximum atomic E-state index is 4.30. The highest BCUT2D eigenvalue weighted by Crippen LogP contribution is 2.21. The molecule has 2 rings (SSSR count). The second-order valence-corrected chi connectivity index (χ2v) is 5.53. The number of hydrogen-bond acceptors (Lipinski definition) is 3. The van der Waals surface area contributed by atoms with Crippen molar-refractivity contribution < 1.29 is 0 Å². The lowest BCUT2D eigenvalue weighted by Crippen LogP contribution is -2.21. The molecule has 92 valence electrons. The Kier molecular flexibility index (Phi) is 3.97. The lowest BCUT2D eigenvalue weighted by molar-refractivity contribution is 0.443. The topological polar surface area (TPSA) is 29.9 Å². The van der Waals surface area contributed by atoms with E-state index in [1.54, 1.807) is 11.3 Å². The van der Waals surface area contributed by atoms with Crippen LogP contribution in [0, 0.1) is 5.92 Å². The van der Waals surface area contributed by atoms with Gasteiger partial charge in [0, 0.05) is 30.0 Å². The van der Waals surface area contributed by atoms with Crippen molar-refractivity contribution in [1.82, 2.24) is 14.9 Å². The Morgan fingerprint density at radius 2 is 2.29 bits per heavy atom. The van der Waals surface area contributed by atoms with Gasteiger partial charge in [-0.05, 0) is 24.6 Å². The highest BCUT2D eigenvalue weighted by molar-refractivity contribution is 7.09. The molecule has 1 N–H and O–H groups in total. The zero-order valence-corrected chi connectivity index (χ0v) is 11.4. The monoisotopic (exact) mass is 249 g/mol. The zero-order chi connectivity index (χ0) is 12.3. The highest BCUT2D eigenvalue weighted by Gasteiger charge is 2.14. The molecule has 1 atom stereocenters. The molecular formula is C13H19N3S. The maximum absolute atomic E-state index is 4.30. The molecule has 0 aliphatic heterocycles. The van der Waals surface area contributed by atoms with Crippen molar-refractivity contribution in [3.8, 4) is 0 Å². The Balaban J connectivity index is 2.10. The molecule has 2 aromatic heterocycles. The molecule has 0 aliphatic carbocycles. The number of thiazole rings is 1. The SMILES string of the molecule is CNC(c1ccn(Cc2nccs2)c1)C(C)C. The third kappa shape index (κ3) is 2.96. The summed E-state index contributed by atoms with van der Waals surface area (Å²) in [6, 6.07) is 2.61. The lowest BCUT2D eigenvalue weighted by Gasteiger charge is -2.18. The minimum atomic E-state index is 0.424. The molecule has 4 heteroatoms. The number of rotatable bonds is 5. The quantitative estimate of drug-likeness (QED) is 0.883. The van der Waals surface area contributed by atoms with Gasteiger partial charge in [-0.15, -0.1) is 11.3 Å². The first-order valence-corrected chi connectivity index (χ1v) is 6.80. The molecule has 2 heterocycles. The smallest absolute Gasteiger partial charge is 0.112 e. The second-order valence-electron chi connectivity index (χ2n) is 4.55. The summed E-state index contributed by atoms with van der Waals surface area (Å²) in [5.74, 6) is 0.593. The number of hydrogen-bond donors (Lipinski definition) is 1. The summed E-state index contributed by atoms with van der Waals surface area (Å²) < 4.78 is 2.20. The largest absolute Gasteiger partial charge is 0.347 e. The van der Waals surface area contributed by atoms with E-state index in [4.69, 9.17) is 0 Å². The Labute approximate surface area is 107 Å². The lowest BCUT2D eigenvalue weighted by atomic mass is 9.99. The van der Waals surface area contributed by atoms with E-state index in [9.17, 15) is 0 Å². The molecule has 0 amide bonds. The Hall–Kier alpha value is -1.13. The van der Waals surface area contributed by atoms with Gasteiger partial charge in [0.2, 0.25) is 0 Å². The van der Waals surface area contributed by atoms with E-state index in [-0.39, 0.29) is 0 Å². The van der Waals surface area contributed by atoms with Crippen LogP contribution in [0.1, 0.15) is 30.5 Å². The van der Waals surface area contributed by atoms with Gasteiger partial charge in [-0.1, -0.05) is 13.8 Å². The normalized spacial score (nSPS) is 13.2. The van der Waals surface area contributed by atoms with Crippen molar-refractivity contribution in [2.45, 2.75) is 26.4 Å². The molecule has 0 saturated carbocycles. The first kappa shape index (κ1) is 12.3. The third-order valence-electron chi connectivity index (χ3n) is 2.91. The van der Waals surface area contributed by atoms with E-state index in [0.29, 0.717) is 12.0 Å². The number of aromatic nitrogens is 2. The fraction of sp³-hybridized carbons (Fsp3) is 0.462. The van der Waals surface area contributed by atoms with Crippen molar-refractivity contribution in [2.24, 2.45) is 5.92 Å². The van der Waals surface area contributed by atoms with Gasteiger partial charge in [0.05, 0.1) is 6.54 Å². The van der Waals surface area contributed by atoms with Gasteiger partial charge in [0.1, 0.15) is 5.01 Å². The van der Waals surface area contributed by atoms with Crippen LogP contribution in [0.15, 0.2) is 30.0 Å². The van der Waals surface area contributed by atoms with Crippen LogP contribution in [0.5, 0.6) is 0 Å². The molecule has 0 spiro atoms. The van der Waals surface area contributed by atoms with Crippen LogP contribution in [-0.2, 0) is 6.54 Å². The van der Waals surface area contributed by atoms with Crippen LogP contribution in [-0.4, -0.2) is 16.6 Å². The molecule has 0 saturated heterocycles. The molecule has 2 aromatic rings. The summed E-state index contributed by atoms with van der Waals surface area (Å²) in [5, 5.41) is 6.53. The Morgan fingerprint density at radius 3 is 2.88 bits per heavy atom. The predicted molar refractivity (Wildman–Crippen MR) is 72.3 cm³/mol. The second kappa shape index (κ2) is 5.47. The molecule has 3 nitrogen and oxygen atoms in total. The standard InChI is InChI=1S/C13H19N3S/c1-10(2)13(14-3)11-4-6-16(8-11)9-12-15-5-7-17-12/h4-8,10,13-14H,9H2,1-3H3. The van der Waals surface area contributed by atoms with Gasteiger partial charge in [-0.2, -0.15) is 0 Å². The first-order chi connectivity index (χ1) is 8.20. The fourth-order valence-electron chi connectivity index (χ4n) is 2.11. The van der Waals surface area contributed by atoms with E-state index in [1.807, 2.05) is 18.6 Å². The molecule has 17 heavy (non-hydrogen) atoms. The van der Waals surface area contributed by atoms with Crippen molar-refractivity contribution in [3.05, 3.63) is 40.6 Å². The molecule has 0 radical (unpaired) electrons. The minimum absolute atomic E-state index is 0.424. The van der Waals surface area contributed by atoms with Crippen molar-refractivity contribution in [3.63, 3.8) is 0 Å². The van der Waals surface area contributed by atoms with Gasteiger partial charge in [0.25, 0.3) is 0 Å². The van der Waals surface area contributed by atoms with Crippen molar-refractivity contribution >= 4 is 11.3 Å². The van der Waals surface area contributed by atoms with Crippen LogP contribution >= 0.6 is 11.3 Å². The van der Waals surface area contributed by atoms with Crippen LogP contribution < -0.4 is 5.32 Å². The first-order valence-electron chi connectivity index (χ1n) is 5.92. The van der Waals surface area contributed by atoms with Gasteiger partial charge >= 0.3 is 0 Å². The van der Waals surface area contributed by atoms with Crippen LogP contribution in [0.4, 0.5) is 0 Å². The van der Waals surface area contributed by atoms with E-state index in [0.717, 1.165) is 11.6 Å². The van der Waals surface area contributed by atoms with Crippen LogP contribution in [0.2, 0.25) is 0 Å². The van der Waals surface area contributed by atoms with E-state index >= 15 is 0 Å². The van der Waals surface area contributed by atoms with Crippen LogP contribution in [0.25, 0.3) is 0 Å². The van der Waals surface area contributed by atoms with Gasteiger partial charge in [-0.3, -0.25) is 0 Å². The average molecular weight is 249 g/mol. The molecule has 0 bridgehead atoms. The summed E-state index contributed by atoms with van der Waals surface area (Å²) in [5.41, 5.74) is 1.35. The fourth-order valence-corrected chi connectivity index (χ4v) is 2.74. The average Bonchev–Trinajstić information content (AvgIpc) is 2.91. The molecule has 1 unspecified atom stereocenters. The summed E-state index contributed by atoms with van der Waals surface area (Å²) >= 11 is 1.70. The molecule has 0 fully saturated rings. The number of nitrogens with one attached hydrogen (secondary N) is 1. The van der Waals surface area contributed by atoms with E-state index < -0.39 is 0 Å². The number of nitrogens with zero attached hydrogens (tertiary/aromatic N) is 2. The summed E-state index contributed by atoms with van der Waals surface area (Å²) in [7, 11) is 2.02. The third-order valence-corrected chi connectivity index (χ3v) is 3.68. The predicted octanol–water partition coefficient (Wildman–Crippen LogP) is 2.91. The van der Waals surface area contributed by atoms with E-state index in [1.165, 1.54) is 5.56 Å². The van der Waals surface area contributed by atoms with Crippen LogP contribution in [0.3, 0.4) is 0 Å². The van der Waals surface area contributed by atoms with Crippen molar-refractivity contribution in [2.75, 3.05) is 7.05 Å². The molecule has 0 aliphatic rings. The maximum Gasteiger partial charge on any atom is 0.112 e. The van der Waals surface area contributed by atoms with Gasteiger partial charge in [-0.25, -0.2) is 4.98 Å². The molecule has 0 aromatic carbocycles. The summed E-state index contributed by atoms with van der Waals surface area (Å²) in [4.78, 5) is 4.30. The Morgan fingerprint density at radius 1 is 1.47 bits per heavy atom. The highest BCUT2D eigenvalue weighted by atomic mass is 32.1. The minimum Gasteiger partial charge on any atom is -0.347 e. The van der Waals surface area contributed by atoms with E-state index in [2.05, 4.69) is 47.2 Å². The Bertz CT molecular complexity index is 445. The van der Waals surface area contributed by atoms with Gasteiger partial charge < -0.3 is 9.88 Å². The molecular weight excluding hydrogens is 230 g/mol. The van der Waals surface area contributed by atoms with Gasteiger partial charge in [0.15, 0.2) is 0 Å².